The summed E-state index contributed by atoms with van der Waals surface area (Å²) in [4.78, 5) is 11.7. The fourth-order valence-electron chi connectivity index (χ4n) is 1.58. The van der Waals surface area contributed by atoms with Gasteiger partial charge in [-0.15, -0.1) is 0 Å². The smallest absolute Gasteiger partial charge is 0.259 e. The van der Waals surface area contributed by atoms with Crippen LogP contribution in [0.15, 0.2) is 56.5 Å². The maximum absolute atomic E-state index is 12.7. The first-order valence-electron chi connectivity index (χ1n) is 6.31. The predicted molar refractivity (Wildman–Crippen MR) is 92.5 cm³/mol. The van der Waals surface area contributed by atoms with Gasteiger partial charge in [0.15, 0.2) is 0 Å². The first kappa shape index (κ1) is 16.6. The van der Waals surface area contributed by atoms with Crippen LogP contribution in [0, 0.1) is 5.82 Å². The average molecular weight is 429 g/mol. The lowest BCUT2D eigenvalue weighted by atomic mass is 10.2. The SMILES string of the molecule is O=C(CNc1ccc(Br)cc1Br)NN=Cc1ccc(F)cc1. The van der Waals surface area contributed by atoms with Crippen LogP contribution >= 0.6 is 31.9 Å². The van der Waals surface area contributed by atoms with Gasteiger partial charge >= 0.3 is 0 Å². The van der Waals surface area contributed by atoms with Crippen molar-refractivity contribution in [2.75, 3.05) is 11.9 Å². The van der Waals surface area contributed by atoms with Gasteiger partial charge in [-0.1, -0.05) is 28.1 Å². The summed E-state index contributed by atoms with van der Waals surface area (Å²) in [6.45, 7) is 0.0843. The number of halogens is 3. The normalized spacial score (nSPS) is 10.7. The molecule has 0 aromatic heterocycles. The van der Waals surface area contributed by atoms with Crippen molar-refractivity contribution in [3.05, 3.63) is 62.8 Å². The number of benzene rings is 2. The number of rotatable bonds is 5. The van der Waals surface area contributed by atoms with Crippen LogP contribution in [0.3, 0.4) is 0 Å². The highest BCUT2D eigenvalue weighted by Crippen LogP contribution is 2.25. The second kappa shape index (κ2) is 8.05. The number of nitrogens with zero attached hydrogens (tertiary/aromatic N) is 1. The first-order valence-corrected chi connectivity index (χ1v) is 7.89. The summed E-state index contributed by atoms with van der Waals surface area (Å²) in [6, 6.07) is 11.4. The molecule has 0 fully saturated rings. The van der Waals surface area contributed by atoms with E-state index in [1.807, 2.05) is 18.2 Å². The molecule has 2 aromatic rings. The van der Waals surface area contributed by atoms with Crippen LogP contribution in [-0.2, 0) is 4.79 Å². The van der Waals surface area contributed by atoms with E-state index in [2.05, 4.69) is 47.7 Å². The van der Waals surface area contributed by atoms with Crippen LogP contribution in [-0.4, -0.2) is 18.7 Å². The van der Waals surface area contributed by atoms with Gasteiger partial charge in [-0.25, -0.2) is 9.82 Å². The molecule has 0 radical (unpaired) electrons. The zero-order valence-electron chi connectivity index (χ0n) is 11.3. The summed E-state index contributed by atoms with van der Waals surface area (Å²) in [7, 11) is 0. The fourth-order valence-corrected chi connectivity index (χ4v) is 2.76. The third-order valence-electron chi connectivity index (χ3n) is 2.64. The molecule has 2 aromatic carbocycles. The highest BCUT2D eigenvalue weighted by atomic mass is 79.9. The highest BCUT2D eigenvalue weighted by Gasteiger charge is 2.03. The van der Waals surface area contributed by atoms with Crippen LogP contribution < -0.4 is 10.7 Å². The molecular formula is C15H12Br2FN3O. The van der Waals surface area contributed by atoms with Gasteiger partial charge in [-0.3, -0.25) is 4.79 Å². The molecule has 0 aliphatic rings. The molecule has 0 bridgehead atoms. The summed E-state index contributed by atoms with van der Waals surface area (Å²) in [5, 5.41) is 6.81. The van der Waals surface area contributed by atoms with Crippen LogP contribution in [0.5, 0.6) is 0 Å². The number of hydrogen-bond donors (Lipinski definition) is 2. The number of hydrogen-bond acceptors (Lipinski definition) is 3. The lowest BCUT2D eigenvalue weighted by Crippen LogP contribution is -2.26. The van der Waals surface area contributed by atoms with E-state index in [1.165, 1.54) is 18.3 Å². The minimum Gasteiger partial charge on any atom is -0.375 e. The van der Waals surface area contributed by atoms with Gasteiger partial charge in [-0.05, 0) is 51.8 Å². The standard InChI is InChI=1S/C15H12Br2FN3O/c16-11-3-6-14(13(17)7-11)19-9-15(22)21-20-8-10-1-4-12(18)5-2-10/h1-8,19H,9H2,(H,21,22). The number of nitrogens with one attached hydrogen (secondary N) is 2. The maximum atomic E-state index is 12.7. The topological polar surface area (TPSA) is 53.5 Å². The monoisotopic (exact) mass is 427 g/mol. The van der Waals surface area contributed by atoms with Gasteiger partial charge in [0.25, 0.3) is 5.91 Å². The van der Waals surface area contributed by atoms with E-state index in [-0.39, 0.29) is 18.3 Å². The van der Waals surface area contributed by atoms with E-state index >= 15 is 0 Å². The molecule has 0 saturated carbocycles. The Morgan fingerprint density at radius 2 is 1.91 bits per heavy atom. The summed E-state index contributed by atoms with van der Waals surface area (Å²) in [5.74, 6) is -0.598. The molecule has 114 valence electrons. The quantitative estimate of drug-likeness (QED) is 0.560. The van der Waals surface area contributed by atoms with Crippen LogP contribution in [0.2, 0.25) is 0 Å². The Morgan fingerprint density at radius 1 is 1.18 bits per heavy atom. The van der Waals surface area contributed by atoms with Crippen molar-refractivity contribution in [1.82, 2.24) is 5.43 Å². The molecule has 0 atom stereocenters. The largest absolute Gasteiger partial charge is 0.375 e. The van der Waals surface area contributed by atoms with Gasteiger partial charge in [0.1, 0.15) is 5.82 Å². The molecule has 7 heteroatoms. The summed E-state index contributed by atoms with van der Waals surface area (Å²) >= 11 is 6.76. The Bertz CT molecular complexity index is 690. The van der Waals surface area contributed by atoms with Crippen molar-refractivity contribution >= 4 is 49.7 Å². The molecular weight excluding hydrogens is 417 g/mol. The Morgan fingerprint density at radius 3 is 2.59 bits per heavy atom. The van der Waals surface area contributed by atoms with Crippen molar-refractivity contribution in [2.45, 2.75) is 0 Å². The molecule has 1 amide bonds. The zero-order chi connectivity index (χ0) is 15.9. The second-order valence-corrected chi connectivity index (χ2v) is 6.09. The van der Waals surface area contributed by atoms with Crippen LogP contribution in [0.1, 0.15) is 5.56 Å². The van der Waals surface area contributed by atoms with E-state index < -0.39 is 0 Å². The van der Waals surface area contributed by atoms with Crippen molar-refractivity contribution in [2.24, 2.45) is 5.10 Å². The van der Waals surface area contributed by atoms with Crippen molar-refractivity contribution in [3.8, 4) is 0 Å². The molecule has 0 saturated heterocycles. The highest BCUT2D eigenvalue weighted by molar-refractivity contribution is 9.11. The first-order chi connectivity index (χ1) is 10.5. The Balaban J connectivity index is 1.81. The number of carbonyl (C=O) groups excluding carboxylic acids is 1. The summed E-state index contributed by atoms with van der Waals surface area (Å²) < 4.78 is 14.5. The molecule has 0 aliphatic carbocycles. The number of anilines is 1. The minimum absolute atomic E-state index is 0.0843. The lowest BCUT2D eigenvalue weighted by molar-refractivity contribution is -0.119. The zero-order valence-corrected chi connectivity index (χ0v) is 14.5. The second-order valence-electron chi connectivity index (χ2n) is 4.32. The molecule has 0 heterocycles. The number of amides is 1. The Kier molecular flexibility index (Phi) is 6.09. The summed E-state index contributed by atoms with van der Waals surface area (Å²) in [5.41, 5.74) is 3.90. The number of hydrazone groups is 1. The summed E-state index contributed by atoms with van der Waals surface area (Å²) in [6.07, 6.45) is 1.45. The van der Waals surface area contributed by atoms with Gasteiger partial charge < -0.3 is 5.32 Å². The predicted octanol–water partition coefficient (Wildman–Crippen LogP) is 3.91. The fraction of sp³-hybridized carbons (Fsp3) is 0.0667. The van der Waals surface area contributed by atoms with Crippen molar-refractivity contribution in [3.63, 3.8) is 0 Å². The van der Waals surface area contributed by atoms with Gasteiger partial charge in [0, 0.05) is 14.6 Å². The molecule has 4 nitrogen and oxygen atoms in total. The van der Waals surface area contributed by atoms with E-state index in [4.69, 9.17) is 0 Å². The maximum Gasteiger partial charge on any atom is 0.259 e. The third-order valence-corrected chi connectivity index (χ3v) is 3.79. The Hall–Kier alpha value is -1.73. The van der Waals surface area contributed by atoms with E-state index in [1.54, 1.807) is 12.1 Å². The molecule has 22 heavy (non-hydrogen) atoms. The van der Waals surface area contributed by atoms with Gasteiger partial charge in [-0.2, -0.15) is 5.10 Å². The Labute approximate surface area is 144 Å². The minimum atomic E-state index is -0.314. The van der Waals surface area contributed by atoms with Crippen molar-refractivity contribution in [1.29, 1.82) is 0 Å². The van der Waals surface area contributed by atoms with Crippen LogP contribution in [0.25, 0.3) is 0 Å². The van der Waals surface area contributed by atoms with Gasteiger partial charge in [0.05, 0.1) is 12.8 Å². The van der Waals surface area contributed by atoms with Gasteiger partial charge in [0.2, 0.25) is 0 Å². The van der Waals surface area contributed by atoms with E-state index in [0.29, 0.717) is 5.56 Å². The average Bonchev–Trinajstić information content (AvgIpc) is 2.48. The number of carbonyl (C=O) groups is 1. The molecule has 0 spiro atoms. The molecule has 0 unspecified atom stereocenters. The molecule has 2 rings (SSSR count). The van der Waals surface area contributed by atoms with E-state index in [0.717, 1.165) is 14.6 Å². The van der Waals surface area contributed by atoms with E-state index in [9.17, 15) is 9.18 Å². The van der Waals surface area contributed by atoms with Crippen molar-refractivity contribution < 1.29 is 9.18 Å². The third kappa shape index (κ3) is 5.23. The molecule has 2 N–H and O–H groups in total. The molecule has 0 aliphatic heterocycles. The van der Waals surface area contributed by atoms with Crippen LogP contribution in [0.4, 0.5) is 10.1 Å². The lowest BCUT2D eigenvalue weighted by Gasteiger charge is -2.07.